The molecule has 0 aromatic heterocycles. The van der Waals surface area contributed by atoms with Gasteiger partial charge in [0, 0.05) is 18.8 Å². The van der Waals surface area contributed by atoms with Crippen molar-refractivity contribution >= 4 is 5.97 Å². The van der Waals surface area contributed by atoms with Crippen molar-refractivity contribution < 1.29 is 30.0 Å². The highest BCUT2D eigenvalue weighted by atomic mass is 16.6. The molecule has 0 saturated carbocycles. The van der Waals surface area contributed by atoms with Crippen molar-refractivity contribution in [2.75, 3.05) is 0 Å². The maximum Gasteiger partial charge on any atom is 0.309 e. The minimum atomic E-state index is -1.43. The second kappa shape index (κ2) is 4.29. The zero-order chi connectivity index (χ0) is 15.7. The third kappa shape index (κ3) is 1.97. The van der Waals surface area contributed by atoms with Crippen LogP contribution in [0.4, 0.5) is 0 Å². The Morgan fingerprint density at radius 2 is 1.67 bits per heavy atom. The summed E-state index contributed by atoms with van der Waals surface area (Å²) in [5, 5.41) is 42.2. The van der Waals surface area contributed by atoms with E-state index in [2.05, 4.69) is 0 Å². The van der Waals surface area contributed by atoms with Crippen LogP contribution in [-0.4, -0.2) is 55.9 Å². The lowest BCUT2D eigenvalue weighted by molar-refractivity contribution is -0.145. The van der Waals surface area contributed by atoms with E-state index in [-0.39, 0.29) is 24.0 Å². The predicted molar refractivity (Wildman–Crippen MR) is 72.1 cm³/mol. The molecular formula is C15H22O6. The molecule has 4 N–H and O–H groups in total. The molecule has 1 saturated heterocycles. The monoisotopic (exact) mass is 298 g/mol. The Balaban J connectivity index is 2.15. The first-order valence-corrected chi connectivity index (χ1v) is 7.32. The molecule has 6 heteroatoms. The number of carbonyl (C=O) groups excluding carboxylic acids is 1. The highest BCUT2D eigenvalue weighted by Gasteiger charge is 2.58. The molecule has 0 unspecified atom stereocenters. The van der Waals surface area contributed by atoms with Crippen LogP contribution in [-0.2, 0) is 9.53 Å². The Morgan fingerprint density at radius 3 is 2.29 bits per heavy atom. The number of carbonyl (C=O) groups is 1. The molecular weight excluding hydrogens is 276 g/mol. The van der Waals surface area contributed by atoms with E-state index < -0.39 is 47.3 Å². The SMILES string of the molecule is C[C@@H]1C(=O)O[C@@H]2C[C@@](C)(O)C3=C([C@H](O)[C@@H]12)[C@@](C)(O)C[C@@H]3O. The molecule has 1 fully saturated rings. The van der Waals surface area contributed by atoms with Crippen molar-refractivity contribution in [1.82, 2.24) is 0 Å². The summed E-state index contributed by atoms with van der Waals surface area (Å²) < 4.78 is 5.28. The number of hydrogen-bond acceptors (Lipinski definition) is 6. The Labute approximate surface area is 123 Å². The van der Waals surface area contributed by atoms with Gasteiger partial charge in [-0.15, -0.1) is 0 Å². The Kier molecular flexibility index (Phi) is 3.05. The fourth-order valence-electron chi connectivity index (χ4n) is 4.35. The summed E-state index contributed by atoms with van der Waals surface area (Å²) in [6.45, 7) is 4.72. The molecule has 3 rings (SSSR count). The van der Waals surface area contributed by atoms with Gasteiger partial charge in [0.15, 0.2) is 0 Å². The first kappa shape index (κ1) is 15.0. The van der Waals surface area contributed by atoms with Crippen molar-refractivity contribution in [3.8, 4) is 0 Å². The quantitative estimate of drug-likeness (QED) is 0.354. The second-order valence-corrected chi connectivity index (χ2v) is 7.09. The van der Waals surface area contributed by atoms with Gasteiger partial charge in [-0.25, -0.2) is 0 Å². The topological polar surface area (TPSA) is 107 Å². The van der Waals surface area contributed by atoms with Crippen molar-refractivity contribution in [3.63, 3.8) is 0 Å². The van der Waals surface area contributed by atoms with Gasteiger partial charge in [-0.2, -0.15) is 0 Å². The van der Waals surface area contributed by atoms with Crippen molar-refractivity contribution in [2.45, 2.75) is 63.1 Å². The highest BCUT2D eigenvalue weighted by Crippen LogP contribution is 2.51. The molecule has 0 radical (unpaired) electrons. The molecule has 0 bridgehead atoms. The third-order valence-corrected chi connectivity index (χ3v) is 5.28. The number of esters is 1. The second-order valence-electron chi connectivity index (χ2n) is 7.09. The molecule has 3 aliphatic rings. The summed E-state index contributed by atoms with van der Waals surface area (Å²) >= 11 is 0. The zero-order valence-electron chi connectivity index (χ0n) is 12.4. The van der Waals surface area contributed by atoms with Crippen LogP contribution in [0.15, 0.2) is 11.1 Å². The van der Waals surface area contributed by atoms with E-state index in [1.807, 2.05) is 0 Å². The van der Waals surface area contributed by atoms with Gasteiger partial charge >= 0.3 is 5.97 Å². The molecule has 21 heavy (non-hydrogen) atoms. The normalized spacial score (nSPS) is 53.3. The van der Waals surface area contributed by atoms with Gasteiger partial charge in [0.25, 0.3) is 0 Å². The molecule has 7 atom stereocenters. The number of aliphatic hydroxyl groups is 4. The van der Waals surface area contributed by atoms with Crippen LogP contribution in [0.25, 0.3) is 0 Å². The first-order chi connectivity index (χ1) is 9.56. The van der Waals surface area contributed by atoms with E-state index in [1.54, 1.807) is 6.92 Å². The summed E-state index contributed by atoms with van der Waals surface area (Å²) in [4.78, 5) is 11.8. The minimum absolute atomic E-state index is 0.0332. The zero-order valence-corrected chi connectivity index (χ0v) is 12.4. The summed E-state index contributed by atoms with van der Waals surface area (Å²) in [5.41, 5.74) is -2.31. The van der Waals surface area contributed by atoms with Gasteiger partial charge in [0.2, 0.25) is 0 Å². The first-order valence-electron chi connectivity index (χ1n) is 7.32. The van der Waals surface area contributed by atoms with Crippen molar-refractivity contribution in [1.29, 1.82) is 0 Å². The molecule has 0 amide bonds. The van der Waals surface area contributed by atoms with Gasteiger partial charge in [-0.05, 0) is 25.0 Å². The maximum absolute atomic E-state index is 11.8. The summed E-state index contributed by atoms with van der Waals surface area (Å²) in [5.74, 6) is -1.43. The summed E-state index contributed by atoms with van der Waals surface area (Å²) in [7, 11) is 0. The fraction of sp³-hybridized carbons (Fsp3) is 0.800. The average molecular weight is 298 g/mol. The molecule has 118 valence electrons. The Hall–Kier alpha value is -0.950. The number of aliphatic hydroxyl groups excluding tert-OH is 2. The highest BCUT2D eigenvalue weighted by molar-refractivity contribution is 5.75. The van der Waals surface area contributed by atoms with E-state index in [4.69, 9.17) is 4.74 Å². The summed E-state index contributed by atoms with van der Waals surface area (Å²) in [6.07, 6.45) is -2.61. The van der Waals surface area contributed by atoms with Gasteiger partial charge in [-0.3, -0.25) is 4.79 Å². The Morgan fingerprint density at radius 1 is 1.10 bits per heavy atom. The molecule has 2 aliphatic carbocycles. The van der Waals surface area contributed by atoms with E-state index >= 15 is 0 Å². The standard InChI is InChI=1S/C15H22O6/c1-6-9-8(21-13(6)18)5-15(3,20)10-7(16)4-14(2,19)11(10)12(9)17/h6-9,12,16-17,19-20H,4-5H2,1-3H3/t6-,7-,8+,9-,12+,14-,15+/m0/s1. The lowest BCUT2D eigenvalue weighted by atomic mass is 9.80. The van der Waals surface area contributed by atoms with Gasteiger partial charge < -0.3 is 25.2 Å². The summed E-state index contributed by atoms with van der Waals surface area (Å²) in [6, 6.07) is 0. The van der Waals surface area contributed by atoms with Crippen LogP contribution in [0.3, 0.4) is 0 Å². The van der Waals surface area contributed by atoms with Gasteiger partial charge in [-0.1, -0.05) is 6.92 Å². The van der Waals surface area contributed by atoms with Crippen LogP contribution in [0.2, 0.25) is 0 Å². The molecule has 0 spiro atoms. The molecule has 1 aliphatic heterocycles. The van der Waals surface area contributed by atoms with Gasteiger partial charge in [0.1, 0.15) is 6.10 Å². The fourth-order valence-corrected chi connectivity index (χ4v) is 4.35. The smallest absolute Gasteiger partial charge is 0.309 e. The van der Waals surface area contributed by atoms with Crippen molar-refractivity contribution in [2.24, 2.45) is 11.8 Å². The average Bonchev–Trinajstić information content (AvgIpc) is 2.68. The van der Waals surface area contributed by atoms with Crippen LogP contribution in [0.5, 0.6) is 0 Å². The van der Waals surface area contributed by atoms with E-state index in [0.717, 1.165) is 0 Å². The predicted octanol–water partition coefficient (Wildman–Crippen LogP) is -0.508. The molecule has 1 heterocycles. The number of rotatable bonds is 0. The molecule has 0 aromatic carbocycles. The van der Waals surface area contributed by atoms with E-state index in [9.17, 15) is 25.2 Å². The van der Waals surface area contributed by atoms with Crippen LogP contribution in [0.1, 0.15) is 33.6 Å². The maximum atomic E-state index is 11.8. The lowest BCUT2D eigenvalue weighted by Crippen LogP contribution is -2.40. The van der Waals surface area contributed by atoms with Crippen molar-refractivity contribution in [3.05, 3.63) is 11.1 Å². The Bertz CT molecular complexity index is 520. The lowest BCUT2D eigenvalue weighted by Gasteiger charge is -2.30. The molecule has 6 nitrogen and oxygen atoms in total. The molecule has 0 aromatic rings. The number of ether oxygens (including phenoxy) is 1. The van der Waals surface area contributed by atoms with E-state index in [0.29, 0.717) is 0 Å². The largest absolute Gasteiger partial charge is 0.462 e. The van der Waals surface area contributed by atoms with Crippen LogP contribution < -0.4 is 0 Å². The number of hydrogen-bond donors (Lipinski definition) is 4. The minimum Gasteiger partial charge on any atom is -0.462 e. The van der Waals surface area contributed by atoms with Gasteiger partial charge in [0.05, 0.1) is 29.3 Å². The van der Waals surface area contributed by atoms with E-state index in [1.165, 1.54) is 13.8 Å². The third-order valence-electron chi connectivity index (χ3n) is 5.28. The van der Waals surface area contributed by atoms with Crippen LogP contribution >= 0.6 is 0 Å². The van der Waals surface area contributed by atoms with Crippen LogP contribution in [0, 0.1) is 11.8 Å². The number of fused-ring (bicyclic) bond motifs is 1.